The summed E-state index contributed by atoms with van der Waals surface area (Å²) in [6.45, 7) is 2.76. The van der Waals surface area contributed by atoms with Crippen molar-refractivity contribution in [2.75, 3.05) is 11.9 Å². The van der Waals surface area contributed by atoms with Gasteiger partial charge in [0.2, 0.25) is 0 Å². The molecule has 2 N–H and O–H groups in total. The molecule has 0 spiro atoms. The lowest BCUT2D eigenvalue weighted by atomic mass is 9.97. The number of carboxylic acids is 1. The van der Waals surface area contributed by atoms with Gasteiger partial charge in [-0.25, -0.2) is 4.79 Å². The van der Waals surface area contributed by atoms with Gasteiger partial charge in [0.05, 0.1) is 16.7 Å². The van der Waals surface area contributed by atoms with Gasteiger partial charge in [-0.3, -0.25) is 9.69 Å². The van der Waals surface area contributed by atoms with Gasteiger partial charge in [-0.2, -0.15) is 37.7 Å². The largest absolute Gasteiger partial charge is 0.478 e. The maximum Gasteiger partial charge on any atom is 0.416 e. The van der Waals surface area contributed by atoms with Crippen LogP contribution in [0.4, 0.5) is 32.0 Å². The average molecular weight is 759 g/mol. The summed E-state index contributed by atoms with van der Waals surface area (Å²) >= 11 is 1.71. The predicted octanol–water partition coefficient (Wildman–Crippen LogP) is 11.3. The molecule has 0 saturated carbocycles. The van der Waals surface area contributed by atoms with Crippen molar-refractivity contribution in [3.05, 3.63) is 171 Å². The molecule has 6 aromatic rings. The maximum absolute atomic E-state index is 13.1. The third-order valence-corrected chi connectivity index (χ3v) is 9.65. The molecule has 0 radical (unpaired) electrons. The van der Waals surface area contributed by atoms with Crippen LogP contribution in [0.3, 0.4) is 0 Å². The van der Waals surface area contributed by atoms with Crippen molar-refractivity contribution in [2.24, 2.45) is 0 Å². The third kappa shape index (κ3) is 9.25. The second-order valence-electron chi connectivity index (χ2n) is 12.6. The van der Waals surface area contributed by atoms with Crippen molar-refractivity contribution in [1.29, 1.82) is 0 Å². The molecule has 276 valence electrons. The summed E-state index contributed by atoms with van der Waals surface area (Å²) < 4.78 is 76.1. The van der Waals surface area contributed by atoms with Gasteiger partial charge < -0.3 is 10.4 Å². The number of thiophene rings is 1. The molecule has 1 amide bonds. The van der Waals surface area contributed by atoms with Crippen LogP contribution in [0.2, 0.25) is 0 Å². The van der Waals surface area contributed by atoms with Gasteiger partial charge in [0, 0.05) is 30.9 Å². The Morgan fingerprint density at radius 3 is 1.78 bits per heavy atom. The number of aromatic carboxylic acids is 1. The van der Waals surface area contributed by atoms with E-state index >= 15 is 0 Å². The number of nitrogens with zero attached hydrogens (tertiary/aromatic N) is 1. The minimum atomic E-state index is -4.40. The Hall–Kier alpha value is -5.72. The maximum atomic E-state index is 13.1. The van der Waals surface area contributed by atoms with Gasteiger partial charge in [-0.15, -0.1) is 0 Å². The first-order valence-electron chi connectivity index (χ1n) is 16.7. The lowest BCUT2D eigenvalue weighted by Gasteiger charge is -2.28. The minimum absolute atomic E-state index is 0.0576. The summed E-state index contributed by atoms with van der Waals surface area (Å²) in [4.78, 5) is 26.6. The number of alkyl halides is 6. The molecule has 1 aliphatic rings. The zero-order valence-corrected chi connectivity index (χ0v) is 29.2. The molecule has 0 atom stereocenters. The first kappa shape index (κ1) is 38.0. The lowest BCUT2D eigenvalue weighted by molar-refractivity contribution is -0.138. The summed E-state index contributed by atoms with van der Waals surface area (Å²) in [5, 5.41) is 16.3. The molecule has 0 bridgehead atoms. The number of fused-ring (bicyclic) bond motifs is 1. The van der Waals surface area contributed by atoms with E-state index in [2.05, 4.69) is 33.1 Å². The fourth-order valence-corrected chi connectivity index (χ4v) is 6.85. The minimum Gasteiger partial charge on any atom is -0.478 e. The van der Waals surface area contributed by atoms with Crippen LogP contribution in [-0.4, -0.2) is 28.4 Å². The molecule has 0 fully saturated rings. The molecule has 12 heteroatoms. The Morgan fingerprint density at radius 2 is 1.24 bits per heavy atom. The number of halogens is 6. The van der Waals surface area contributed by atoms with E-state index < -0.39 is 29.4 Å². The number of carbonyl (C=O) groups is 2. The van der Waals surface area contributed by atoms with Gasteiger partial charge in [-0.1, -0.05) is 66.7 Å². The molecular weight excluding hydrogens is 727 g/mol. The summed E-state index contributed by atoms with van der Waals surface area (Å²) in [6, 6.07) is 30.6. The highest BCUT2D eigenvalue weighted by Gasteiger charge is 2.31. The van der Waals surface area contributed by atoms with E-state index in [4.69, 9.17) is 5.11 Å². The van der Waals surface area contributed by atoms with E-state index in [0.717, 1.165) is 50.3 Å². The second-order valence-corrected chi connectivity index (χ2v) is 13.4. The van der Waals surface area contributed by atoms with Gasteiger partial charge in [0.15, 0.2) is 0 Å². The fraction of sp³-hybridized carbons (Fsp3) is 0.143. The van der Waals surface area contributed by atoms with Gasteiger partial charge in [0.1, 0.15) is 0 Å². The van der Waals surface area contributed by atoms with Crippen molar-refractivity contribution < 1.29 is 41.0 Å². The van der Waals surface area contributed by atoms with Crippen LogP contribution < -0.4 is 5.32 Å². The highest BCUT2D eigenvalue weighted by Crippen LogP contribution is 2.34. The fourth-order valence-electron chi connectivity index (χ4n) is 6.20. The Morgan fingerprint density at radius 1 is 0.685 bits per heavy atom. The summed E-state index contributed by atoms with van der Waals surface area (Å²) in [5.41, 5.74) is 5.48. The molecule has 1 aromatic heterocycles. The van der Waals surface area contributed by atoms with Gasteiger partial charge in [-0.05, 0) is 111 Å². The molecule has 0 aliphatic carbocycles. The van der Waals surface area contributed by atoms with Crippen molar-refractivity contribution in [3.8, 4) is 22.3 Å². The zero-order chi connectivity index (χ0) is 38.5. The van der Waals surface area contributed by atoms with Crippen LogP contribution in [0.5, 0.6) is 0 Å². The Kier molecular flexibility index (Phi) is 11.3. The van der Waals surface area contributed by atoms with E-state index in [1.54, 1.807) is 53.8 Å². The average Bonchev–Trinajstić information content (AvgIpc) is 3.67. The first-order chi connectivity index (χ1) is 25.8. The molecule has 7 rings (SSSR count). The highest BCUT2D eigenvalue weighted by atomic mass is 32.1. The van der Waals surface area contributed by atoms with Crippen LogP contribution in [0.25, 0.3) is 22.3 Å². The molecule has 54 heavy (non-hydrogen) atoms. The summed E-state index contributed by atoms with van der Waals surface area (Å²) in [5.74, 6) is -1.41. The van der Waals surface area contributed by atoms with Gasteiger partial charge in [0.25, 0.3) is 5.91 Å². The number of carbonyl (C=O) groups excluding carboxylic acids is 1. The Bertz CT molecular complexity index is 2230. The number of nitrogens with one attached hydrogen (secondary N) is 1. The molecular formula is C42H32F6N2O3S. The Labute approximate surface area is 311 Å². The standard InChI is InChI=1S/C28H23F3N2OS.C14H9F3O2/c29-28(30,31)23-8-5-20(6-9-23)25-3-1-2-4-26(25)27(34)32-24-10-7-22-17-33(13-11-21(22)15-24)16-19-12-14-35-18-19;15-14(16,17)10-7-5-9(6-8-10)11-3-1-2-4-12(11)13(18)19/h1-10,12,14-15,18H,11,13,16-17H2,(H,32,34);1-8H,(H,18,19). The SMILES string of the molecule is O=C(Nc1ccc2c(c1)CCN(Cc1ccsc1)C2)c1ccccc1-c1ccc(C(F)(F)F)cc1.O=C(O)c1ccccc1-c1ccc(C(F)(F)F)cc1. The first-order valence-corrected chi connectivity index (χ1v) is 17.6. The summed E-state index contributed by atoms with van der Waals surface area (Å²) in [7, 11) is 0. The van der Waals surface area contributed by atoms with Crippen molar-refractivity contribution in [3.63, 3.8) is 0 Å². The van der Waals surface area contributed by atoms with E-state index in [0.29, 0.717) is 33.5 Å². The number of amides is 1. The number of rotatable bonds is 7. The number of hydrogen-bond acceptors (Lipinski definition) is 4. The number of benzene rings is 5. The monoisotopic (exact) mass is 758 g/mol. The van der Waals surface area contributed by atoms with Crippen LogP contribution >= 0.6 is 11.3 Å². The molecule has 5 nitrogen and oxygen atoms in total. The smallest absolute Gasteiger partial charge is 0.416 e. The van der Waals surface area contributed by atoms with E-state index in [1.807, 2.05) is 12.1 Å². The lowest BCUT2D eigenvalue weighted by Crippen LogP contribution is -2.30. The van der Waals surface area contributed by atoms with Gasteiger partial charge >= 0.3 is 18.3 Å². The van der Waals surface area contributed by atoms with Crippen molar-refractivity contribution in [2.45, 2.75) is 31.9 Å². The topological polar surface area (TPSA) is 69.6 Å². The van der Waals surface area contributed by atoms with Crippen LogP contribution in [0.15, 0.2) is 132 Å². The summed E-state index contributed by atoms with van der Waals surface area (Å²) in [6.07, 6.45) is -7.89. The number of anilines is 1. The highest BCUT2D eigenvalue weighted by molar-refractivity contribution is 7.07. The van der Waals surface area contributed by atoms with Crippen molar-refractivity contribution in [1.82, 2.24) is 4.90 Å². The predicted molar refractivity (Wildman–Crippen MR) is 197 cm³/mol. The molecule has 0 unspecified atom stereocenters. The van der Waals surface area contributed by atoms with Crippen LogP contribution in [-0.2, 0) is 31.9 Å². The van der Waals surface area contributed by atoms with E-state index in [9.17, 15) is 35.9 Å². The normalized spacial score (nSPS) is 13.0. The molecule has 0 saturated heterocycles. The molecule has 2 heterocycles. The zero-order valence-electron chi connectivity index (χ0n) is 28.4. The van der Waals surface area contributed by atoms with E-state index in [-0.39, 0.29) is 11.5 Å². The third-order valence-electron chi connectivity index (χ3n) is 8.92. The molecule has 5 aromatic carbocycles. The van der Waals surface area contributed by atoms with Crippen LogP contribution in [0.1, 0.15) is 48.5 Å². The van der Waals surface area contributed by atoms with E-state index in [1.165, 1.54) is 47.0 Å². The number of carboxylic acid groups (broad SMARTS) is 1. The quantitative estimate of drug-likeness (QED) is 0.159. The van der Waals surface area contributed by atoms with Crippen molar-refractivity contribution >= 4 is 28.9 Å². The number of hydrogen-bond donors (Lipinski definition) is 2. The second kappa shape index (κ2) is 16.1. The molecule has 1 aliphatic heterocycles. The van der Waals surface area contributed by atoms with Crippen LogP contribution in [0, 0.1) is 0 Å². The Balaban J connectivity index is 0.000000221.